The minimum absolute atomic E-state index is 0.0161. The quantitative estimate of drug-likeness (QED) is 0.169. The molecule has 3 heterocycles. The van der Waals surface area contributed by atoms with Crippen molar-refractivity contribution in [1.29, 1.82) is 0 Å². The first kappa shape index (κ1) is 51.9. The maximum Gasteiger partial charge on any atom is 0.246 e. The SMILES string of the molecule is CCC(C)C1NC(=O)C(CC(C)C)NC(=O)C2CCCN2C(=O)C(Cc2ccc(O)cc2)NC(=O)C(Cc2ccccc2)NC(=O)C(C(C)O)NC(=O)C2CCCN2C(=O)C(C(C)C)NC1=O. The molecule has 0 aliphatic carbocycles. The lowest BCUT2D eigenvalue weighted by molar-refractivity contribution is -0.144. The van der Waals surface area contributed by atoms with Crippen molar-refractivity contribution in [2.24, 2.45) is 17.8 Å². The molecule has 8 N–H and O–H groups in total. The molecule has 3 saturated heterocycles. The van der Waals surface area contributed by atoms with Crippen molar-refractivity contribution in [1.82, 2.24) is 41.7 Å². The highest BCUT2D eigenvalue weighted by molar-refractivity contribution is 5.99. The molecule has 18 heteroatoms. The third-order valence-electron chi connectivity index (χ3n) is 13.0. The number of aliphatic hydroxyl groups is 1. The largest absolute Gasteiger partial charge is 0.508 e. The highest BCUT2D eigenvalue weighted by atomic mass is 16.3. The lowest BCUT2D eigenvalue weighted by Crippen LogP contribution is -2.63. The molecule has 67 heavy (non-hydrogen) atoms. The number of phenolic OH excluding ortho intramolecular Hbond substituents is 1. The van der Waals surface area contributed by atoms with E-state index in [0.29, 0.717) is 30.4 Å². The number of nitrogens with one attached hydrogen (secondary N) is 6. The summed E-state index contributed by atoms with van der Waals surface area (Å²) < 4.78 is 0. The second-order valence-electron chi connectivity index (χ2n) is 19.1. The first-order chi connectivity index (χ1) is 31.8. The molecule has 0 bridgehead atoms. The van der Waals surface area contributed by atoms with Gasteiger partial charge >= 0.3 is 0 Å². The van der Waals surface area contributed by atoms with E-state index < -0.39 is 114 Å². The predicted molar refractivity (Wildman–Crippen MR) is 248 cm³/mol. The maximum absolute atomic E-state index is 14.8. The number of nitrogens with zero attached hydrogens (tertiary/aromatic N) is 2. The number of hydrogen-bond donors (Lipinski definition) is 8. The second kappa shape index (κ2) is 23.6. The summed E-state index contributed by atoms with van der Waals surface area (Å²) in [6.45, 7) is 12.5. The summed E-state index contributed by atoms with van der Waals surface area (Å²) in [6, 6.07) is 5.21. The summed E-state index contributed by atoms with van der Waals surface area (Å²) >= 11 is 0. The summed E-state index contributed by atoms with van der Waals surface area (Å²) in [5.74, 6) is -6.32. The number of aliphatic hydroxyl groups excluding tert-OH is 1. The Morgan fingerprint density at radius 1 is 0.552 bits per heavy atom. The Morgan fingerprint density at radius 2 is 1.03 bits per heavy atom. The predicted octanol–water partition coefficient (Wildman–Crippen LogP) is 1.21. The van der Waals surface area contributed by atoms with Crippen molar-refractivity contribution in [2.75, 3.05) is 13.1 Å². The summed E-state index contributed by atoms with van der Waals surface area (Å²) in [5.41, 5.74) is 1.21. The van der Waals surface area contributed by atoms with Gasteiger partial charge in [0.05, 0.1) is 6.10 Å². The molecular weight excluding hydrogens is 861 g/mol. The van der Waals surface area contributed by atoms with Gasteiger partial charge < -0.3 is 51.9 Å². The van der Waals surface area contributed by atoms with Crippen molar-refractivity contribution in [2.45, 2.75) is 154 Å². The van der Waals surface area contributed by atoms with Crippen LogP contribution < -0.4 is 31.9 Å². The lowest BCUT2D eigenvalue weighted by atomic mass is 9.95. The fourth-order valence-corrected chi connectivity index (χ4v) is 8.98. The molecule has 10 unspecified atom stereocenters. The minimum Gasteiger partial charge on any atom is -0.508 e. The molecule has 18 nitrogen and oxygen atoms in total. The van der Waals surface area contributed by atoms with E-state index in [-0.39, 0.29) is 56.9 Å². The lowest BCUT2D eigenvalue weighted by Gasteiger charge is -2.34. The molecule has 0 saturated carbocycles. The van der Waals surface area contributed by atoms with Crippen LogP contribution in [0, 0.1) is 17.8 Å². The molecule has 2 aromatic carbocycles. The van der Waals surface area contributed by atoms with E-state index in [2.05, 4.69) is 31.9 Å². The van der Waals surface area contributed by atoms with Crippen LogP contribution in [0.1, 0.15) is 98.1 Å². The third kappa shape index (κ3) is 13.5. The van der Waals surface area contributed by atoms with Crippen LogP contribution in [-0.2, 0) is 51.2 Å². The Morgan fingerprint density at radius 3 is 1.60 bits per heavy atom. The van der Waals surface area contributed by atoms with Gasteiger partial charge in [-0.1, -0.05) is 90.4 Å². The highest BCUT2D eigenvalue weighted by Gasteiger charge is 2.44. The summed E-state index contributed by atoms with van der Waals surface area (Å²) in [7, 11) is 0. The third-order valence-corrected chi connectivity index (χ3v) is 13.0. The summed E-state index contributed by atoms with van der Waals surface area (Å²) in [5, 5.41) is 37.7. The van der Waals surface area contributed by atoms with Crippen LogP contribution in [0.15, 0.2) is 54.6 Å². The van der Waals surface area contributed by atoms with Crippen LogP contribution in [0.4, 0.5) is 0 Å². The number of aromatic hydroxyl groups is 1. The van der Waals surface area contributed by atoms with Crippen LogP contribution in [0.25, 0.3) is 0 Å². The topological polar surface area (TPSA) is 256 Å². The number of carbonyl (C=O) groups is 8. The van der Waals surface area contributed by atoms with Crippen molar-refractivity contribution in [3.63, 3.8) is 0 Å². The van der Waals surface area contributed by atoms with Crippen LogP contribution >= 0.6 is 0 Å². The molecule has 8 amide bonds. The highest BCUT2D eigenvalue weighted by Crippen LogP contribution is 2.24. The molecule has 3 aliphatic heterocycles. The van der Waals surface area contributed by atoms with Gasteiger partial charge in [-0.05, 0) is 80.0 Å². The number of carbonyl (C=O) groups excluding carboxylic acids is 8. The molecule has 3 aliphatic rings. The van der Waals surface area contributed by atoms with Gasteiger partial charge in [-0.25, -0.2) is 0 Å². The monoisotopic (exact) mass is 931 g/mol. The first-order valence-electron chi connectivity index (χ1n) is 23.7. The Kier molecular flexibility index (Phi) is 18.3. The van der Waals surface area contributed by atoms with Crippen molar-refractivity contribution < 1.29 is 48.6 Å². The van der Waals surface area contributed by atoms with Crippen molar-refractivity contribution in [3.8, 4) is 5.75 Å². The van der Waals surface area contributed by atoms with E-state index in [0.717, 1.165) is 0 Å². The van der Waals surface area contributed by atoms with E-state index in [4.69, 9.17) is 0 Å². The average molecular weight is 931 g/mol. The van der Waals surface area contributed by atoms with Crippen LogP contribution in [0.3, 0.4) is 0 Å². The molecule has 10 atom stereocenters. The van der Waals surface area contributed by atoms with Gasteiger partial charge in [-0.3, -0.25) is 38.4 Å². The summed E-state index contributed by atoms with van der Waals surface area (Å²) in [4.78, 5) is 118. The van der Waals surface area contributed by atoms with Gasteiger partial charge in [0.2, 0.25) is 47.3 Å². The normalized spacial score (nSPS) is 27.5. The van der Waals surface area contributed by atoms with Gasteiger partial charge in [0.15, 0.2) is 0 Å². The average Bonchev–Trinajstić information content (AvgIpc) is 3.99. The van der Waals surface area contributed by atoms with Crippen molar-refractivity contribution in [3.05, 3.63) is 65.7 Å². The van der Waals surface area contributed by atoms with Crippen LogP contribution in [0.2, 0.25) is 0 Å². The van der Waals surface area contributed by atoms with Crippen LogP contribution in [-0.4, -0.2) is 135 Å². The first-order valence-corrected chi connectivity index (χ1v) is 23.7. The van der Waals surface area contributed by atoms with Gasteiger partial charge in [0, 0.05) is 25.9 Å². The standard InChI is InChI=1S/C49H70N8O10/c1-8-29(6)40-46(64)53-39(28(4)5)49(67)57-23-13-17-38(57)45(63)55-41(30(7)58)47(65)51-35(25-31-14-10-9-11-15-31)42(60)52-36(26-32-18-20-33(59)21-19-32)48(66)56-22-12-16-37(56)44(62)50-34(24-27(2)3)43(61)54-40/h9-11,14-15,18-21,27-30,34-41,58-59H,8,12-13,16-17,22-26H2,1-7H3,(H,50,62)(H,51,65)(H,52,60)(H,53,64)(H,54,61)(H,55,63). The fraction of sp³-hybridized carbons (Fsp3) is 0.592. The zero-order chi connectivity index (χ0) is 49.1. The molecular formula is C49H70N8O10. The number of hydrogen-bond acceptors (Lipinski definition) is 10. The van der Waals surface area contributed by atoms with Crippen LogP contribution in [0.5, 0.6) is 5.75 Å². The van der Waals surface area contributed by atoms with Gasteiger partial charge in [0.25, 0.3) is 0 Å². The zero-order valence-electron chi connectivity index (χ0n) is 39.8. The van der Waals surface area contributed by atoms with E-state index >= 15 is 0 Å². The van der Waals surface area contributed by atoms with Crippen molar-refractivity contribution >= 4 is 47.3 Å². The summed E-state index contributed by atoms with van der Waals surface area (Å²) in [6.07, 6.45) is 0.435. The molecule has 5 rings (SSSR count). The fourth-order valence-electron chi connectivity index (χ4n) is 8.98. The number of rotatable bonds is 10. The van der Waals surface area contributed by atoms with Gasteiger partial charge in [-0.2, -0.15) is 0 Å². The number of benzene rings is 2. The molecule has 366 valence electrons. The molecule has 0 spiro atoms. The zero-order valence-corrected chi connectivity index (χ0v) is 39.8. The van der Waals surface area contributed by atoms with Gasteiger partial charge in [-0.15, -0.1) is 0 Å². The molecule has 0 radical (unpaired) electrons. The number of phenols is 1. The Bertz CT molecular complexity index is 2080. The maximum atomic E-state index is 14.8. The Balaban J connectivity index is 1.58. The van der Waals surface area contributed by atoms with E-state index in [1.807, 2.05) is 20.8 Å². The molecule has 2 aromatic rings. The number of fused-ring (bicyclic) bond motifs is 2. The Labute approximate surface area is 393 Å². The number of amides is 8. The minimum atomic E-state index is -1.58. The van der Waals surface area contributed by atoms with Gasteiger partial charge in [0.1, 0.15) is 54.1 Å². The molecule has 3 fully saturated rings. The smallest absolute Gasteiger partial charge is 0.246 e. The van der Waals surface area contributed by atoms with E-state index in [1.54, 1.807) is 63.2 Å². The second-order valence-corrected chi connectivity index (χ2v) is 19.1. The van der Waals surface area contributed by atoms with E-state index in [1.165, 1.54) is 28.9 Å². The molecule has 0 aromatic heterocycles. The van der Waals surface area contributed by atoms with E-state index in [9.17, 15) is 48.6 Å². The Hall–Kier alpha value is -6.04.